The minimum Gasteiger partial charge on any atom is -0.406 e. The highest BCUT2D eigenvalue weighted by molar-refractivity contribution is 6.02. The van der Waals surface area contributed by atoms with Crippen LogP contribution in [0, 0.1) is 0 Å². The zero-order chi connectivity index (χ0) is 10.3. The molecule has 5 nitrogen and oxygen atoms in total. The van der Waals surface area contributed by atoms with Crippen LogP contribution in [-0.4, -0.2) is 15.2 Å². The molecule has 0 saturated heterocycles. The average molecular weight is 199 g/mol. The van der Waals surface area contributed by atoms with Crippen molar-refractivity contribution in [3.8, 4) is 0 Å². The molecular formula is C10H5N3O2. The van der Waals surface area contributed by atoms with Gasteiger partial charge in [0.25, 0.3) is 0 Å². The van der Waals surface area contributed by atoms with Crippen LogP contribution in [0.1, 0.15) is 0 Å². The molecule has 0 fully saturated rings. The van der Waals surface area contributed by atoms with E-state index < -0.39 is 5.76 Å². The fourth-order valence-electron chi connectivity index (χ4n) is 1.54. The molecule has 0 radical (unpaired) electrons. The van der Waals surface area contributed by atoms with Crippen LogP contribution in [0.4, 0.5) is 0 Å². The first-order chi connectivity index (χ1) is 7.34. The molecule has 2 aromatic heterocycles. The van der Waals surface area contributed by atoms with Crippen molar-refractivity contribution in [3.63, 3.8) is 0 Å². The standard InChI is InChI=1S/C10H5N3O2/c14-10-13-9-7-3-4-11-12-5-6(7)1-2-8(9)15-10/h1-5H. The summed E-state index contributed by atoms with van der Waals surface area (Å²) in [6.45, 7) is 0. The average Bonchev–Trinajstić information content (AvgIpc) is 2.48. The van der Waals surface area contributed by atoms with Crippen LogP contribution in [0.2, 0.25) is 0 Å². The molecule has 3 rings (SSSR count). The highest BCUT2D eigenvalue weighted by Gasteiger charge is 2.05. The molecule has 2 heterocycles. The number of hydrogen-bond acceptors (Lipinski definition) is 5. The second-order valence-electron chi connectivity index (χ2n) is 3.07. The molecule has 0 aliphatic rings. The van der Waals surface area contributed by atoms with Gasteiger partial charge in [-0.25, -0.2) is 4.79 Å². The Morgan fingerprint density at radius 1 is 1.13 bits per heavy atom. The summed E-state index contributed by atoms with van der Waals surface area (Å²) in [5, 5.41) is 9.23. The summed E-state index contributed by atoms with van der Waals surface area (Å²) < 4.78 is 4.90. The van der Waals surface area contributed by atoms with Gasteiger partial charge in [-0.1, -0.05) is 0 Å². The number of hydrogen-bond donors (Lipinski definition) is 0. The third-order valence-corrected chi connectivity index (χ3v) is 2.19. The van der Waals surface area contributed by atoms with E-state index in [2.05, 4.69) is 15.2 Å². The van der Waals surface area contributed by atoms with E-state index in [1.807, 2.05) is 6.07 Å². The maximum Gasteiger partial charge on any atom is 0.439 e. The molecule has 0 N–H and O–H groups in total. The van der Waals surface area contributed by atoms with Crippen molar-refractivity contribution in [2.75, 3.05) is 0 Å². The Labute approximate surface area is 83.4 Å². The van der Waals surface area contributed by atoms with Gasteiger partial charge in [-0.05, 0) is 18.2 Å². The number of aromatic nitrogens is 3. The van der Waals surface area contributed by atoms with Gasteiger partial charge in [-0.15, -0.1) is 0 Å². The molecule has 0 spiro atoms. The quantitative estimate of drug-likeness (QED) is 0.542. The van der Waals surface area contributed by atoms with Crippen LogP contribution in [0.5, 0.6) is 0 Å². The number of fused-ring (bicyclic) bond motifs is 3. The van der Waals surface area contributed by atoms with Crippen LogP contribution in [0.3, 0.4) is 0 Å². The SMILES string of the molecule is O=c1nc2c(ccc3cnnccc32)o1. The Balaban J connectivity index is 2.65. The lowest BCUT2D eigenvalue weighted by molar-refractivity contribution is 0.555. The van der Waals surface area contributed by atoms with Gasteiger partial charge in [0.15, 0.2) is 5.58 Å². The van der Waals surface area contributed by atoms with Crippen LogP contribution >= 0.6 is 0 Å². The predicted molar refractivity (Wildman–Crippen MR) is 53.4 cm³/mol. The maximum atomic E-state index is 11.0. The Kier molecular flexibility index (Phi) is 1.53. The van der Waals surface area contributed by atoms with Crippen molar-refractivity contribution >= 4 is 21.9 Å². The van der Waals surface area contributed by atoms with Gasteiger partial charge in [0.2, 0.25) is 0 Å². The molecule has 0 saturated carbocycles. The minimum atomic E-state index is -0.579. The second kappa shape index (κ2) is 2.84. The molecule has 15 heavy (non-hydrogen) atoms. The normalized spacial score (nSPS) is 10.9. The largest absolute Gasteiger partial charge is 0.439 e. The Morgan fingerprint density at radius 2 is 2.07 bits per heavy atom. The van der Waals surface area contributed by atoms with E-state index in [4.69, 9.17) is 4.42 Å². The van der Waals surface area contributed by atoms with Crippen LogP contribution in [0.15, 0.2) is 39.8 Å². The minimum absolute atomic E-state index is 0.485. The molecule has 0 unspecified atom stereocenters. The van der Waals surface area contributed by atoms with E-state index >= 15 is 0 Å². The van der Waals surface area contributed by atoms with E-state index in [0.717, 1.165) is 10.8 Å². The predicted octanol–water partition coefficient (Wildman–Crippen LogP) is 1.13. The first kappa shape index (κ1) is 8.05. The fraction of sp³-hybridized carbons (Fsp3) is 0. The van der Waals surface area contributed by atoms with Crippen LogP contribution in [0.25, 0.3) is 21.9 Å². The van der Waals surface area contributed by atoms with Gasteiger partial charge in [0, 0.05) is 10.8 Å². The Bertz CT molecular complexity index is 705. The van der Waals surface area contributed by atoms with Crippen molar-refractivity contribution in [2.45, 2.75) is 0 Å². The summed E-state index contributed by atoms with van der Waals surface area (Å²) >= 11 is 0. The Morgan fingerprint density at radius 3 is 3.00 bits per heavy atom. The summed E-state index contributed by atoms with van der Waals surface area (Å²) in [5.41, 5.74) is 1.04. The summed E-state index contributed by atoms with van der Waals surface area (Å²) in [6.07, 6.45) is 3.18. The van der Waals surface area contributed by atoms with Gasteiger partial charge in [-0.3, -0.25) is 0 Å². The lowest BCUT2D eigenvalue weighted by Crippen LogP contribution is -1.93. The van der Waals surface area contributed by atoms with Gasteiger partial charge in [0.05, 0.1) is 12.4 Å². The summed E-state index contributed by atoms with van der Waals surface area (Å²) in [7, 11) is 0. The summed E-state index contributed by atoms with van der Waals surface area (Å²) in [6, 6.07) is 5.28. The maximum absolute atomic E-state index is 11.0. The highest BCUT2D eigenvalue weighted by atomic mass is 16.4. The monoisotopic (exact) mass is 199 g/mol. The number of rotatable bonds is 0. The zero-order valence-electron chi connectivity index (χ0n) is 7.54. The molecule has 0 atom stereocenters. The van der Waals surface area contributed by atoms with Crippen molar-refractivity contribution in [1.82, 2.24) is 15.2 Å². The molecule has 0 aliphatic carbocycles. The lowest BCUT2D eigenvalue weighted by Gasteiger charge is -1.90. The van der Waals surface area contributed by atoms with Gasteiger partial charge < -0.3 is 4.42 Å². The van der Waals surface area contributed by atoms with Crippen molar-refractivity contribution in [1.29, 1.82) is 0 Å². The summed E-state index contributed by atoms with van der Waals surface area (Å²) in [4.78, 5) is 14.8. The van der Waals surface area contributed by atoms with Gasteiger partial charge >= 0.3 is 5.76 Å². The molecule has 0 bridgehead atoms. The zero-order valence-corrected chi connectivity index (χ0v) is 7.54. The van der Waals surface area contributed by atoms with E-state index in [1.54, 1.807) is 24.5 Å². The molecule has 3 aromatic rings. The van der Waals surface area contributed by atoms with Crippen LogP contribution in [-0.2, 0) is 0 Å². The third-order valence-electron chi connectivity index (χ3n) is 2.19. The molecule has 0 amide bonds. The van der Waals surface area contributed by atoms with E-state index in [9.17, 15) is 4.79 Å². The highest BCUT2D eigenvalue weighted by Crippen LogP contribution is 2.20. The molecule has 1 aromatic carbocycles. The molecule has 5 heteroatoms. The second-order valence-corrected chi connectivity index (χ2v) is 3.07. The number of nitrogens with zero attached hydrogens (tertiary/aromatic N) is 3. The lowest BCUT2D eigenvalue weighted by atomic mass is 10.2. The van der Waals surface area contributed by atoms with E-state index in [1.165, 1.54) is 0 Å². The number of benzene rings is 1. The van der Waals surface area contributed by atoms with Crippen molar-refractivity contribution < 1.29 is 4.42 Å². The topological polar surface area (TPSA) is 68.9 Å². The Hall–Kier alpha value is -2.30. The molecular weight excluding hydrogens is 194 g/mol. The van der Waals surface area contributed by atoms with Crippen molar-refractivity contribution in [3.05, 3.63) is 41.1 Å². The first-order valence-electron chi connectivity index (χ1n) is 4.35. The van der Waals surface area contributed by atoms with E-state index in [-0.39, 0.29) is 0 Å². The first-order valence-corrected chi connectivity index (χ1v) is 4.35. The van der Waals surface area contributed by atoms with Crippen molar-refractivity contribution in [2.24, 2.45) is 0 Å². The van der Waals surface area contributed by atoms with Crippen LogP contribution < -0.4 is 5.76 Å². The van der Waals surface area contributed by atoms with Gasteiger partial charge in [-0.2, -0.15) is 15.2 Å². The third kappa shape index (κ3) is 1.17. The molecule has 0 aliphatic heterocycles. The van der Waals surface area contributed by atoms with E-state index in [0.29, 0.717) is 11.1 Å². The number of oxazole rings is 1. The fourth-order valence-corrected chi connectivity index (χ4v) is 1.54. The van der Waals surface area contributed by atoms with Gasteiger partial charge in [0.1, 0.15) is 5.52 Å². The smallest absolute Gasteiger partial charge is 0.406 e. The molecule has 72 valence electrons. The summed E-state index contributed by atoms with van der Waals surface area (Å²) in [5.74, 6) is -0.579.